The Morgan fingerprint density at radius 3 is 1.19 bits per heavy atom. The van der Waals surface area contributed by atoms with Crippen molar-refractivity contribution in [3.63, 3.8) is 0 Å². The molecule has 0 radical (unpaired) electrons. The van der Waals surface area contributed by atoms with Gasteiger partial charge in [-0.25, -0.2) is 0 Å². The summed E-state index contributed by atoms with van der Waals surface area (Å²) in [5, 5.41) is 0. The number of fused-ring (bicyclic) bond motifs is 2. The number of benzene rings is 2. The SMILES string of the molecule is Cc1cc(C)c(C2=CC3=C4C=C(c5c(C)cc(C)cc5C)N=C4C(C)(C)C3=N2)c(C)c1. The lowest BCUT2D eigenvalue weighted by Crippen LogP contribution is -2.27. The van der Waals surface area contributed by atoms with Gasteiger partial charge in [-0.1, -0.05) is 35.4 Å². The molecule has 0 N–H and O–H groups in total. The van der Waals surface area contributed by atoms with Gasteiger partial charge in [0.05, 0.1) is 28.2 Å². The summed E-state index contributed by atoms with van der Waals surface area (Å²) in [6.45, 7) is 17.6. The van der Waals surface area contributed by atoms with Crippen LogP contribution in [0.25, 0.3) is 11.4 Å². The fourth-order valence-electron chi connectivity index (χ4n) is 5.74. The number of hydrogen-bond acceptors (Lipinski definition) is 2. The first-order valence-corrected chi connectivity index (χ1v) is 11.1. The van der Waals surface area contributed by atoms with Crippen molar-refractivity contribution in [2.45, 2.75) is 55.4 Å². The Labute approximate surface area is 185 Å². The van der Waals surface area contributed by atoms with Gasteiger partial charge < -0.3 is 0 Å². The molecular weight excluding hydrogens is 376 g/mol. The second-order valence-electron chi connectivity index (χ2n) is 9.98. The highest BCUT2D eigenvalue weighted by molar-refractivity contribution is 6.37. The van der Waals surface area contributed by atoms with Gasteiger partial charge in [0, 0.05) is 22.3 Å². The molecule has 31 heavy (non-hydrogen) atoms. The van der Waals surface area contributed by atoms with Crippen LogP contribution >= 0.6 is 0 Å². The zero-order chi connectivity index (χ0) is 22.2. The van der Waals surface area contributed by atoms with Crippen molar-refractivity contribution in [2.75, 3.05) is 0 Å². The second-order valence-corrected chi connectivity index (χ2v) is 9.98. The summed E-state index contributed by atoms with van der Waals surface area (Å²) in [6.07, 6.45) is 4.57. The summed E-state index contributed by atoms with van der Waals surface area (Å²) in [4.78, 5) is 10.3. The van der Waals surface area contributed by atoms with Gasteiger partial charge in [-0.15, -0.1) is 0 Å². The van der Waals surface area contributed by atoms with E-state index in [9.17, 15) is 0 Å². The molecule has 0 atom stereocenters. The van der Waals surface area contributed by atoms with E-state index < -0.39 is 0 Å². The number of aliphatic imine (C=N–C) groups is 2. The highest BCUT2D eigenvalue weighted by atomic mass is 14.9. The van der Waals surface area contributed by atoms with Crippen LogP contribution in [0.3, 0.4) is 0 Å². The third-order valence-corrected chi connectivity index (χ3v) is 6.88. The average Bonchev–Trinajstić information content (AvgIpc) is 3.28. The van der Waals surface area contributed by atoms with Crippen LogP contribution in [0.15, 0.2) is 57.5 Å². The van der Waals surface area contributed by atoms with Gasteiger partial charge in [0.15, 0.2) is 0 Å². The van der Waals surface area contributed by atoms with Crippen LogP contribution < -0.4 is 0 Å². The molecule has 0 amide bonds. The Bertz CT molecular complexity index is 1190. The van der Waals surface area contributed by atoms with Crippen LogP contribution in [0.2, 0.25) is 0 Å². The molecule has 0 aromatic heterocycles. The van der Waals surface area contributed by atoms with E-state index in [-0.39, 0.29) is 5.41 Å². The van der Waals surface area contributed by atoms with Crippen molar-refractivity contribution >= 4 is 22.8 Å². The maximum Gasteiger partial charge on any atom is 0.0718 e. The van der Waals surface area contributed by atoms with Gasteiger partial charge in [-0.3, -0.25) is 9.98 Å². The van der Waals surface area contributed by atoms with Gasteiger partial charge in [0.2, 0.25) is 0 Å². The molecule has 0 saturated carbocycles. The Morgan fingerprint density at radius 1 is 0.548 bits per heavy atom. The van der Waals surface area contributed by atoms with Crippen LogP contribution in [0.5, 0.6) is 0 Å². The van der Waals surface area contributed by atoms with Crippen molar-refractivity contribution in [2.24, 2.45) is 15.4 Å². The molecule has 2 aromatic carbocycles. The van der Waals surface area contributed by atoms with Crippen molar-refractivity contribution in [3.05, 3.63) is 92.1 Å². The molecular formula is C29H30N2. The molecule has 2 heterocycles. The Morgan fingerprint density at radius 2 is 0.871 bits per heavy atom. The topological polar surface area (TPSA) is 24.7 Å². The van der Waals surface area contributed by atoms with Crippen LogP contribution in [0.1, 0.15) is 58.4 Å². The number of aryl methyl sites for hydroxylation is 6. The second kappa shape index (κ2) is 6.50. The molecule has 3 aliphatic rings. The smallest absolute Gasteiger partial charge is 0.0718 e. The monoisotopic (exact) mass is 406 g/mol. The average molecular weight is 407 g/mol. The maximum atomic E-state index is 5.16. The van der Waals surface area contributed by atoms with E-state index in [1.165, 1.54) is 55.7 Å². The summed E-state index contributed by atoms with van der Waals surface area (Å²) in [7, 11) is 0. The quantitative estimate of drug-likeness (QED) is 0.505. The first-order chi connectivity index (χ1) is 14.6. The highest BCUT2D eigenvalue weighted by Crippen LogP contribution is 2.48. The molecule has 2 aromatic rings. The fraction of sp³-hybridized carbons (Fsp3) is 0.310. The van der Waals surface area contributed by atoms with Crippen molar-refractivity contribution < 1.29 is 0 Å². The maximum absolute atomic E-state index is 5.16. The fourth-order valence-corrected chi connectivity index (χ4v) is 5.74. The first kappa shape index (κ1) is 19.9. The van der Waals surface area contributed by atoms with Gasteiger partial charge in [0.1, 0.15) is 0 Å². The van der Waals surface area contributed by atoms with E-state index in [0.29, 0.717) is 0 Å². The Kier molecular flexibility index (Phi) is 4.18. The third kappa shape index (κ3) is 2.85. The molecule has 156 valence electrons. The largest absolute Gasteiger partial charge is 0.251 e. The third-order valence-electron chi connectivity index (χ3n) is 6.88. The number of allylic oxidation sites excluding steroid dienone is 4. The summed E-state index contributed by atoms with van der Waals surface area (Å²) < 4.78 is 0. The van der Waals surface area contributed by atoms with Crippen molar-refractivity contribution in [1.29, 1.82) is 0 Å². The number of hydrogen-bond donors (Lipinski definition) is 0. The first-order valence-electron chi connectivity index (χ1n) is 11.1. The molecule has 2 aliphatic heterocycles. The van der Waals surface area contributed by atoms with Crippen LogP contribution in [-0.2, 0) is 0 Å². The van der Waals surface area contributed by atoms with E-state index in [2.05, 4.69) is 91.8 Å². The van der Waals surface area contributed by atoms with Gasteiger partial charge in [-0.05, 0) is 89.8 Å². The zero-order valence-electron chi connectivity index (χ0n) is 19.9. The minimum absolute atomic E-state index is 0.194. The van der Waals surface area contributed by atoms with Gasteiger partial charge in [-0.2, -0.15) is 0 Å². The molecule has 5 rings (SSSR count). The van der Waals surface area contributed by atoms with Crippen LogP contribution in [0, 0.1) is 47.0 Å². The van der Waals surface area contributed by atoms with E-state index in [4.69, 9.17) is 9.98 Å². The normalized spacial score (nSPS) is 18.6. The molecule has 0 spiro atoms. The van der Waals surface area contributed by atoms with Crippen LogP contribution in [-0.4, -0.2) is 11.4 Å². The van der Waals surface area contributed by atoms with E-state index in [1.54, 1.807) is 0 Å². The van der Waals surface area contributed by atoms with E-state index in [0.717, 1.165) is 22.8 Å². The molecule has 0 bridgehead atoms. The molecule has 2 nitrogen and oxygen atoms in total. The molecule has 1 aliphatic carbocycles. The number of nitrogens with zero attached hydrogens (tertiary/aromatic N) is 2. The minimum atomic E-state index is -0.194. The predicted octanol–water partition coefficient (Wildman–Crippen LogP) is 7.16. The lowest BCUT2D eigenvalue weighted by Gasteiger charge is -2.20. The lowest BCUT2D eigenvalue weighted by atomic mass is 9.85. The summed E-state index contributed by atoms with van der Waals surface area (Å²) in [5.74, 6) is 0. The van der Waals surface area contributed by atoms with Gasteiger partial charge >= 0.3 is 0 Å². The van der Waals surface area contributed by atoms with Crippen molar-refractivity contribution in [1.82, 2.24) is 0 Å². The Hall–Kier alpha value is -3.00. The summed E-state index contributed by atoms with van der Waals surface area (Å²) in [5.41, 5.74) is 17.1. The van der Waals surface area contributed by atoms with E-state index >= 15 is 0 Å². The summed E-state index contributed by atoms with van der Waals surface area (Å²) in [6, 6.07) is 9.02. The molecule has 0 unspecified atom stereocenters. The molecule has 0 fully saturated rings. The highest BCUT2D eigenvalue weighted by Gasteiger charge is 2.46. The standard InChI is InChI=1S/C29H30N2/c1-15-9-17(3)25(18(4)10-15)23-13-21-22-14-24(26-19(5)11-16(2)12-20(26)6)31-28(22)29(7,8)27(21)30-23/h9-14H,1-8H3. The number of rotatable bonds is 2. The van der Waals surface area contributed by atoms with E-state index in [1.807, 2.05) is 0 Å². The van der Waals surface area contributed by atoms with Crippen LogP contribution in [0.4, 0.5) is 0 Å². The zero-order valence-corrected chi connectivity index (χ0v) is 19.9. The molecule has 0 saturated heterocycles. The van der Waals surface area contributed by atoms with Crippen molar-refractivity contribution in [3.8, 4) is 0 Å². The minimum Gasteiger partial charge on any atom is -0.251 e. The predicted molar refractivity (Wildman–Crippen MR) is 133 cm³/mol. The lowest BCUT2D eigenvalue weighted by molar-refractivity contribution is 0.743. The summed E-state index contributed by atoms with van der Waals surface area (Å²) >= 11 is 0. The molecule has 2 heteroatoms. The van der Waals surface area contributed by atoms with Gasteiger partial charge in [0.25, 0.3) is 0 Å². The Balaban J connectivity index is 1.68.